The van der Waals surface area contributed by atoms with Crippen LogP contribution in [0.15, 0.2) is 59.8 Å². The van der Waals surface area contributed by atoms with Crippen LogP contribution in [0.5, 0.6) is 0 Å². The molecule has 2 aromatic carbocycles. The second kappa shape index (κ2) is 7.66. The fourth-order valence-corrected chi connectivity index (χ4v) is 5.26. The lowest BCUT2D eigenvalue weighted by Gasteiger charge is -2.32. The Morgan fingerprint density at radius 1 is 1.07 bits per heavy atom. The summed E-state index contributed by atoms with van der Waals surface area (Å²) in [7, 11) is -3.52. The fourth-order valence-electron chi connectivity index (χ4n) is 3.59. The number of sulfonamides is 1. The van der Waals surface area contributed by atoms with Gasteiger partial charge in [0.2, 0.25) is 10.0 Å². The Balaban J connectivity index is 1.51. The number of benzene rings is 2. The Morgan fingerprint density at radius 3 is 2.46 bits per heavy atom. The highest BCUT2D eigenvalue weighted by atomic mass is 35.5. The van der Waals surface area contributed by atoms with E-state index >= 15 is 0 Å². The molecule has 0 amide bonds. The molecule has 0 atom stereocenters. The number of nitrogens with zero attached hydrogens (tertiary/aromatic N) is 4. The third-order valence-electron chi connectivity index (χ3n) is 5.19. The summed E-state index contributed by atoms with van der Waals surface area (Å²) in [6.45, 7) is 2.73. The van der Waals surface area contributed by atoms with Gasteiger partial charge in [0, 0.05) is 29.7 Å². The quantitative estimate of drug-likeness (QED) is 0.646. The highest BCUT2D eigenvalue weighted by Gasteiger charge is 2.31. The van der Waals surface area contributed by atoms with E-state index in [4.69, 9.17) is 11.6 Å². The molecule has 0 unspecified atom stereocenters. The Bertz CT molecular complexity index is 1070. The van der Waals surface area contributed by atoms with Crippen molar-refractivity contribution < 1.29 is 8.42 Å². The molecule has 2 heterocycles. The zero-order valence-electron chi connectivity index (χ0n) is 15.5. The van der Waals surface area contributed by atoms with Crippen LogP contribution in [0.1, 0.15) is 24.4 Å². The van der Waals surface area contributed by atoms with Gasteiger partial charge < -0.3 is 4.57 Å². The van der Waals surface area contributed by atoms with Crippen LogP contribution in [0, 0.1) is 6.92 Å². The van der Waals surface area contributed by atoms with E-state index in [1.165, 1.54) is 0 Å². The zero-order valence-corrected chi connectivity index (χ0v) is 17.1. The molecule has 0 radical (unpaired) electrons. The molecule has 0 bridgehead atoms. The monoisotopic (exact) mass is 416 g/mol. The molecule has 0 aliphatic carbocycles. The first-order chi connectivity index (χ1) is 13.5. The molecule has 1 aliphatic rings. The third-order valence-corrected chi connectivity index (χ3v) is 7.51. The van der Waals surface area contributed by atoms with Gasteiger partial charge >= 0.3 is 0 Å². The largest absolute Gasteiger partial charge is 0.310 e. The molecular weight excluding hydrogens is 396 g/mol. The van der Waals surface area contributed by atoms with Crippen molar-refractivity contribution in [3.8, 4) is 11.4 Å². The van der Waals surface area contributed by atoms with Crippen molar-refractivity contribution in [2.75, 3.05) is 13.1 Å². The van der Waals surface area contributed by atoms with E-state index in [-0.39, 0.29) is 6.04 Å². The van der Waals surface area contributed by atoms with Gasteiger partial charge in [0.25, 0.3) is 0 Å². The van der Waals surface area contributed by atoms with E-state index < -0.39 is 10.0 Å². The van der Waals surface area contributed by atoms with Crippen LogP contribution in [-0.2, 0) is 10.0 Å². The standard InChI is InChI=1S/C20H21ClN4O2S/c1-15-13-18(7-8-19(15)21)28(26,27)24-11-9-17(10-12-24)25-14-22-23-20(25)16-5-3-2-4-6-16/h2-8,13-14,17H,9-12H2,1H3. The number of hydrogen-bond donors (Lipinski definition) is 0. The van der Waals surface area contributed by atoms with Crippen LogP contribution >= 0.6 is 11.6 Å². The van der Waals surface area contributed by atoms with Crippen LogP contribution < -0.4 is 0 Å². The number of halogens is 1. The van der Waals surface area contributed by atoms with Crippen molar-refractivity contribution >= 4 is 21.6 Å². The zero-order chi connectivity index (χ0) is 19.7. The van der Waals surface area contributed by atoms with Crippen LogP contribution in [0.4, 0.5) is 0 Å². The molecule has 0 spiro atoms. The molecule has 1 saturated heterocycles. The molecule has 1 aliphatic heterocycles. The number of piperidine rings is 1. The first-order valence-electron chi connectivity index (χ1n) is 9.18. The minimum absolute atomic E-state index is 0.170. The van der Waals surface area contributed by atoms with Gasteiger partial charge in [-0.1, -0.05) is 41.9 Å². The predicted molar refractivity (Wildman–Crippen MR) is 109 cm³/mol. The van der Waals surface area contributed by atoms with Gasteiger partial charge in [-0.05, 0) is 43.5 Å². The summed E-state index contributed by atoms with van der Waals surface area (Å²) in [5, 5.41) is 8.91. The lowest BCUT2D eigenvalue weighted by molar-refractivity contribution is 0.275. The molecule has 28 heavy (non-hydrogen) atoms. The maximum Gasteiger partial charge on any atom is 0.243 e. The van der Waals surface area contributed by atoms with Crippen molar-refractivity contribution in [2.24, 2.45) is 0 Å². The molecule has 0 saturated carbocycles. The van der Waals surface area contributed by atoms with Crippen LogP contribution in [-0.4, -0.2) is 40.6 Å². The van der Waals surface area contributed by atoms with Gasteiger partial charge in [-0.3, -0.25) is 0 Å². The van der Waals surface area contributed by atoms with E-state index in [2.05, 4.69) is 14.8 Å². The summed E-state index contributed by atoms with van der Waals surface area (Å²) in [5.41, 5.74) is 1.77. The Labute approximate surface area is 169 Å². The summed E-state index contributed by atoms with van der Waals surface area (Å²) in [6.07, 6.45) is 3.16. The van der Waals surface area contributed by atoms with Crippen molar-refractivity contribution in [1.82, 2.24) is 19.1 Å². The lowest BCUT2D eigenvalue weighted by Crippen LogP contribution is -2.39. The number of aryl methyl sites for hydroxylation is 1. The molecule has 1 aromatic heterocycles. The minimum Gasteiger partial charge on any atom is -0.310 e. The minimum atomic E-state index is -3.52. The highest BCUT2D eigenvalue weighted by Crippen LogP contribution is 2.30. The molecule has 3 aromatic rings. The average molecular weight is 417 g/mol. The van der Waals surface area contributed by atoms with E-state index in [0.29, 0.717) is 35.8 Å². The van der Waals surface area contributed by atoms with Gasteiger partial charge in [-0.15, -0.1) is 10.2 Å². The normalized spacial score (nSPS) is 16.4. The molecule has 8 heteroatoms. The molecule has 4 rings (SSSR count). The first-order valence-corrected chi connectivity index (χ1v) is 11.0. The molecule has 0 N–H and O–H groups in total. The second-order valence-corrected chi connectivity index (χ2v) is 9.32. The maximum atomic E-state index is 13.0. The maximum absolute atomic E-state index is 13.0. The third kappa shape index (κ3) is 3.57. The first kappa shape index (κ1) is 19.1. The van der Waals surface area contributed by atoms with E-state index in [1.807, 2.05) is 37.3 Å². The summed E-state index contributed by atoms with van der Waals surface area (Å²) < 4.78 is 29.6. The summed E-state index contributed by atoms with van der Waals surface area (Å²) in [4.78, 5) is 0.294. The average Bonchev–Trinajstić information content (AvgIpc) is 3.20. The summed E-state index contributed by atoms with van der Waals surface area (Å²) in [5.74, 6) is 0.815. The van der Waals surface area contributed by atoms with E-state index in [9.17, 15) is 8.42 Å². The second-order valence-electron chi connectivity index (χ2n) is 6.97. The number of aromatic nitrogens is 3. The van der Waals surface area contributed by atoms with Gasteiger partial charge in [-0.2, -0.15) is 4.31 Å². The van der Waals surface area contributed by atoms with Gasteiger partial charge in [0.15, 0.2) is 5.82 Å². The smallest absolute Gasteiger partial charge is 0.243 e. The Hall–Kier alpha value is -2.22. The highest BCUT2D eigenvalue weighted by molar-refractivity contribution is 7.89. The molecule has 146 valence electrons. The molecule has 6 nitrogen and oxygen atoms in total. The van der Waals surface area contributed by atoms with Crippen molar-refractivity contribution in [1.29, 1.82) is 0 Å². The lowest BCUT2D eigenvalue weighted by atomic mass is 10.1. The fraction of sp³-hybridized carbons (Fsp3) is 0.300. The van der Waals surface area contributed by atoms with Crippen molar-refractivity contribution in [3.05, 3.63) is 65.4 Å². The Morgan fingerprint density at radius 2 is 1.79 bits per heavy atom. The number of hydrogen-bond acceptors (Lipinski definition) is 4. The number of rotatable bonds is 4. The van der Waals surface area contributed by atoms with Crippen molar-refractivity contribution in [2.45, 2.75) is 30.7 Å². The van der Waals surface area contributed by atoms with Gasteiger partial charge in [-0.25, -0.2) is 8.42 Å². The van der Waals surface area contributed by atoms with E-state index in [1.54, 1.807) is 28.8 Å². The van der Waals surface area contributed by atoms with Crippen LogP contribution in [0.25, 0.3) is 11.4 Å². The van der Waals surface area contributed by atoms with Crippen LogP contribution in [0.2, 0.25) is 5.02 Å². The molecule has 1 fully saturated rings. The molecular formula is C20H21ClN4O2S. The van der Waals surface area contributed by atoms with Crippen LogP contribution in [0.3, 0.4) is 0 Å². The Kier molecular flexibility index (Phi) is 5.23. The van der Waals surface area contributed by atoms with E-state index in [0.717, 1.165) is 17.0 Å². The topological polar surface area (TPSA) is 68.1 Å². The predicted octanol–water partition coefficient (Wildman–Crippen LogP) is 3.93. The summed E-state index contributed by atoms with van der Waals surface area (Å²) in [6, 6.07) is 14.9. The van der Waals surface area contributed by atoms with Gasteiger partial charge in [0.1, 0.15) is 6.33 Å². The SMILES string of the molecule is Cc1cc(S(=O)(=O)N2CCC(n3cnnc3-c3ccccc3)CC2)ccc1Cl. The van der Waals surface area contributed by atoms with Crippen molar-refractivity contribution in [3.63, 3.8) is 0 Å². The summed E-state index contributed by atoms with van der Waals surface area (Å²) >= 11 is 6.04. The van der Waals surface area contributed by atoms with Gasteiger partial charge in [0.05, 0.1) is 4.90 Å².